The monoisotopic (exact) mass is 290 g/mol. The summed E-state index contributed by atoms with van der Waals surface area (Å²) < 4.78 is 25.6. The van der Waals surface area contributed by atoms with Crippen LogP contribution < -0.4 is 0 Å². The molecule has 1 fully saturated rings. The van der Waals surface area contributed by atoms with Gasteiger partial charge >= 0.3 is 0 Å². The van der Waals surface area contributed by atoms with Gasteiger partial charge in [-0.05, 0) is 25.7 Å². The van der Waals surface area contributed by atoms with Crippen LogP contribution in [0.3, 0.4) is 0 Å². The van der Waals surface area contributed by atoms with E-state index in [0.29, 0.717) is 13.1 Å². The molecule has 0 N–H and O–H groups in total. The van der Waals surface area contributed by atoms with E-state index < -0.39 is 10.0 Å². The Bertz CT molecular complexity index is 369. The molecule has 0 bridgehead atoms. The average molecular weight is 290 g/mol. The Hall–Kier alpha value is -0.620. The quantitative estimate of drug-likeness (QED) is 0.680. The molecule has 1 aliphatic rings. The van der Waals surface area contributed by atoms with Crippen LogP contribution >= 0.6 is 0 Å². The fourth-order valence-electron chi connectivity index (χ4n) is 2.37. The van der Waals surface area contributed by atoms with Gasteiger partial charge in [0.2, 0.25) is 15.9 Å². The molecule has 1 heterocycles. The van der Waals surface area contributed by atoms with Crippen molar-refractivity contribution < 1.29 is 13.2 Å². The minimum atomic E-state index is -3.23. The van der Waals surface area contributed by atoms with Gasteiger partial charge < -0.3 is 4.90 Å². The highest BCUT2D eigenvalue weighted by Gasteiger charge is 2.26. The molecule has 0 saturated carbocycles. The van der Waals surface area contributed by atoms with Crippen molar-refractivity contribution in [2.24, 2.45) is 0 Å². The smallest absolute Gasteiger partial charge is 0.223 e. The maximum atomic E-state index is 12.0. The summed E-state index contributed by atoms with van der Waals surface area (Å²) in [5, 5.41) is 0. The van der Waals surface area contributed by atoms with Crippen molar-refractivity contribution in [2.75, 3.05) is 31.9 Å². The molecule has 5 nitrogen and oxygen atoms in total. The van der Waals surface area contributed by atoms with Gasteiger partial charge in [-0.15, -0.1) is 0 Å². The standard InChI is InChI=1S/C13H26N2O3S/c1-3-8-14(9-4-2)13(16)7-12-19(17,18)15-10-5-6-11-15/h3-12H2,1-2H3. The van der Waals surface area contributed by atoms with Crippen LogP contribution in [0, 0.1) is 0 Å². The third-order valence-electron chi connectivity index (χ3n) is 3.37. The highest BCUT2D eigenvalue weighted by Crippen LogP contribution is 2.14. The van der Waals surface area contributed by atoms with E-state index in [0.717, 1.165) is 38.8 Å². The van der Waals surface area contributed by atoms with E-state index in [2.05, 4.69) is 0 Å². The average Bonchev–Trinajstić information content (AvgIpc) is 2.90. The molecule has 19 heavy (non-hydrogen) atoms. The molecule has 0 atom stereocenters. The summed E-state index contributed by atoms with van der Waals surface area (Å²) in [5.74, 6) is -0.0815. The minimum absolute atomic E-state index is 0.0357. The topological polar surface area (TPSA) is 57.7 Å². The summed E-state index contributed by atoms with van der Waals surface area (Å²) in [6.07, 6.45) is 3.80. The normalized spacial score (nSPS) is 16.7. The predicted octanol–water partition coefficient (Wildman–Crippen LogP) is 1.45. The van der Waals surface area contributed by atoms with Crippen molar-refractivity contribution >= 4 is 15.9 Å². The molecule has 1 aliphatic heterocycles. The molecule has 0 aromatic rings. The summed E-state index contributed by atoms with van der Waals surface area (Å²) in [4.78, 5) is 13.8. The molecular weight excluding hydrogens is 264 g/mol. The zero-order valence-corrected chi connectivity index (χ0v) is 12.9. The lowest BCUT2D eigenvalue weighted by molar-refractivity contribution is -0.130. The van der Waals surface area contributed by atoms with Crippen molar-refractivity contribution in [3.63, 3.8) is 0 Å². The molecule has 0 unspecified atom stereocenters. The Balaban J connectivity index is 2.47. The lowest BCUT2D eigenvalue weighted by atomic mass is 10.3. The second-order valence-corrected chi connectivity index (χ2v) is 7.14. The van der Waals surface area contributed by atoms with Crippen LogP contribution in [0.2, 0.25) is 0 Å². The molecule has 1 amide bonds. The number of hydrogen-bond acceptors (Lipinski definition) is 3. The number of carbonyl (C=O) groups excluding carboxylic acids is 1. The van der Waals surface area contributed by atoms with E-state index in [9.17, 15) is 13.2 Å². The van der Waals surface area contributed by atoms with Crippen molar-refractivity contribution in [3.8, 4) is 0 Å². The minimum Gasteiger partial charge on any atom is -0.343 e. The Morgan fingerprint density at radius 3 is 2.11 bits per heavy atom. The molecule has 112 valence electrons. The van der Waals surface area contributed by atoms with Gasteiger partial charge in [-0.25, -0.2) is 12.7 Å². The van der Waals surface area contributed by atoms with Gasteiger partial charge in [-0.1, -0.05) is 13.8 Å². The lowest BCUT2D eigenvalue weighted by Gasteiger charge is -2.22. The molecular formula is C13H26N2O3S. The molecule has 6 heteroatoms. The number of amides is 1. The first-order valence-electron chi connectivity index (χ1n) is 7.26. The van der Waals surface area contributed by atoms with Gasteiger partial charge in [0.15, 0.2) is 0 Å². The van der Waals surface area contributed by atoms with E-state index in [1.54, 1.807) is 4.90 Å². The van der Waals surface area contributed by atoms with Crippen LogP contribution in [0.1, 0.15) is 46.0 Å². The summed E-state index contributed by atoms with van der Waals surface area (Å²) in [6.45, 7) is 6.72. The predicted molar refractivity (Wildman–Crippen MR) is 76.4 cm³/mol. The van der Waals surface area contributed by atoms with Gasteiger partial charge in [-0.2, -0.15) is 0 Å². The van der Waals surface area contributed by atoms with Crippen LogP contribution in [-0.4, -0.2) is 55.5 Å². The molecule has 0 aromatic heterocycles. The Labute approximate surface area is 117 Å². The van der Waals surface area contributed by atoms with E-state index >= 15 is 0 Å². The summed E-state index contributed by atoms with van der Waals surface area (Å²) in [7, 11) is -3.23. The Morgan fingerprint density at radius 1 is 1.11 bits per heavy atom. The van der Waals surface area contributed by atoms with E-state index in [1.165, 1.54) is 4.31 Å². The fraction of sp³-hybridized carbons (Fsp3) is 0.923. The summed E-state index contributed by atoms with van der Waals surface area (Å²) in [6, 6.07) is 0. The van der Waals surface area contributed by atoms with E-state index in [4.69, 9.17) is 0 Å². The summed E-state index contributed by atoms with van der Waals surface area (Å²) in [5.41, 5.74) is 0. The third-order valence-corrected chi connectivity index (χ3v) is 5.24. The van der Waals surface area contributed by atoms with Crippen LogP contribution in [0.5, 0.6) is 0 Å². The first kappa shape index (κ1) is 16.4. The molecule has 1 saturated heterocycles. The van der Waals surface area contributed by atoms with Crippen LogP contribution in [0.25, 0.3) is 0 Å². The molecule has 0 aromatic carbocycles. The van der Waals surface area contributed by atoms with Crippen molar-refractivity contribution in [2.45, 2.75) is 46.0 Å². The van der Waals surface area contributed by atoms with Crippen molar-refractivity contribution in [1.82, 2.24) is 9.21 Å². The number of carbonyl (C=O) groups is 1. The first-order valence-corrected chi connectivity index (χ1v) is 8.87. The van der Waals surface area contributed by atoms with Gasteiger partial charge in [0.05, 0.1) is 5.75 Å². The zero-order chi connectivity index (χ0) is 14.3. The third kappa shape index (κ3) is 5.10. The number of nitrogens with zero attached hydrogens (tertiary/aromatic N) is 2. The summed E-state index contributed by atoms with van der Waals surface area (Å²) >= 11 is 0. The fourth-order valence-corrected chi connectivity index (χ4v) is 3.88. The SMILES string of the molecule is CCCN(CCC)C(=O)CCS(=O)(=O)N1CCCC1. The molecule has 0 spiro atoms. The number of sulfonamides is 1. The Morgan fingerprint density at radius 2 is 1.63 bits per heavy atom. The van der Waals surface area contributed by atoms with Gasteiger partial charge in [-0.3, -0.25) is 4.79 Å². The van der Waals surface area contributed by atoms with Gasteiger partial charge in [0.25, 0.3) is 0 Å². The number of hydrogen-bond donors (Lipinski definition) is 0. The zero-order valence-electron chi connectivity index (χ0n) is 12.1. The van der Waals surface area contributed by atoms with Crippen molar-refractivity contribution in [3.05, 3.63) is 0 Å². The maximum absolute atomic E-state index is 12.0. The van der Waals surface area contributed by atoms with Crippen LogP contribution in [-0.2, 0) is 14.8 Å². The molecule has 0 aliphatic carbocycles. The van der Waals surface area contributed by atoms with E-state index in [-0.39, 0.29) is 18.1 Å². The molecule has 0 radical (unpaired) electrons. The van der Waals surface area contributed by atoms with E-state index in [1.807, 2.05) is 13.8 Å². The second kappa shape index (κ2) is 7.85. The second-order valence-electron chi connectivity index (χ2n) is 5.05. The van der Waals surface area contributed by atoms with Gasteiger partial charge in [0.1, 0.15) is 0 Å². The van der Waals surface area contributed by atoms with Crippen molar-refractivity contribution in [1.29, 1.82) is 0 Å². The highest BCUT2D eigenvalue weighted by molar-refractivity contribution is 7.89. The van der Waals surface area contributed by atoms with Crippen LogP contribution in [0.4, 0.5) is 0 Å². The molecule has 1 rings (SSSR count). The lowest BCUT2D eigenvalue weighted by Crippen LogP contribution is -2.36. The first-order chi connectivity index (χ1) is 9.01. The van der Waals surface area contributed by atoms with Gasteiger partial charge in [0, 0.05) is 32.6 Å². The maximum Gasteiger partial charge on any atom is 0.223 e. The highest BCUT2D eigenvalue weighted by atomic mass is 32.2. The van der Waals surface area contributed by atoms with Crippen LogP contribution in [0.15, 0.2) is 0 Å². The number of rotatable bonds is 8. The Kier molecular flexibility index (Phi) is 6.79. The largest absolute Gasteiger partial charge is 0.343 e.